The van der Waals surface area contributed by atoms with Crippen LogP contribution in [0.2, 0.25) is 0 Å². The Morgan fingerprint density at radius 2 is 1.97 bits per heavy atom. The summed E-state index contributed by atoms with van der Waals surface area (Å²) in [5, 5.41) is 12.9. The highest BCUT2D eigenvalue weighted by Gasteiger charge is 2.68. The number of rotatable bonds is 2. The van der Waals surface area contributed by atoms with Crippen LogP contribution in [0.25, 0.3) is 11.1 Å². The molecule has 1 amide bonds. The lowest BCUT2D eigenvalue weighted by Crippen LogP contribution is -2.63. The van der Waals surface area contributed by atoms with Gasteiger partial charge in [-0.2, -0.15) is 13.2 Å². The van der Waals surface area contributed by atoms with E-state index in [0.717, 1.165) is 0 Å². The van der Waals surface area contributed by atoms with Crippen LogP contribution in [-0.2, 0) is 5.41 Å². The zero-order valence-electron chi connectivity index (χ0n) is 16.3. The lowest BCUT2D eigenvalue weighted by Gasteiger charge is -2.51. The van der Waals surface area contributed by atoms with Crippen molar-refractivity contribution in [3.63, 3.8) is 0 Å². The van der Waals surface area contributed by atoms with Crippen molar-refractivity contribution in [2.24, 2.45) is 0 Å². The van der Waals surface area contributed by atoms with E-state index in [1.165, 1.54) is 37.3 Å². The second kappa shape index (κ2) is 6.31. The molecule has 6 nitrogen and oxygen atoms in total. The quantitative estimate of drug-likeness (QED) is 0.509. The average Bonchev–Trinajstić information content (AvgIpc) is 2.99. The molecule has 160 valence electrons. The van der Waals surface area contributed by atoms with E-state index >= 15 is 4.39 Å². The average molecular weight is 424 g/mol. The molecule has 0 bridgehead atoms. The lowest BCUT2D eigenvalue weighted by atomic mass is 9.56. The predicted octanol–water partition coefficient (Wildman–Crippen LogP) is 2.92. The third-order valence-electron chi connectivity index (χ3n) is 5.95. The largest absolute Gasteiger partial charge is 0.417 e. The molecule has 1 aromatic carbocycles. The molecule has 2 aliphatic rings. The topological polar surface area (TPSA) is 91.5 Å². The van der Waals surface area contributed by atoms with E-state index in [1.807, 2.05) is 0 Å². The molecule has 1 fully saturated rings. The smallest absolute Gasteiger partial charge is 0.398 e. The van der Waals surface area contributed by atoms with Gasteiger partial charge in [0.1, 0.15) is 11.6 Å². The number of anilines is 2. The van der Waals surface area contributed by atoms with Crippen molar-refractivity contribution in [1.82, 2.24) is 9.88 Å². The molecule has 10 heteroatoms. The summed E-state index contributed by atoms with van der Waals surface area (Å²) in [6, 6.07) is 4.38. The third-order valence-corrected chi connectivity index (χ3v) is 5.95. The molecule has 0 unspecified atom stereocenters. The molecule has 2 heterocycles. The number of benzene rings is 1. The standard InChI is InChI=1S/C20H20F4N4O2/c1-28(2)17(29)14-13(25)4-3-11(15(14)21)10-5-12-16(26-6-10)27-9-18(12)7-19(30,8-18)20(22,23)24/h3-6,30H,7-9,25H2,1-2H3,(H,26,27). The van der Waals surface area contributed by atoms with Gasteiger partial charge in [-0.3, -0.25) is 4.79 Å². The summed E-state index contributed by atoms with van der Waals surface area (Å²) < 4.78 is 54.6. The number of aromatic nitrogens is 1. The number of hydrogen-bond acceptors (Lipinski definition) is 5. The predicted molar refractivity (Wildman–Crippen MR) is 102 cm³/mol. The minimum Gasteiger partial charge on any atom is -0.398 e. The molecule has 0 atom stereocenters. The first-order valence-electron chi connectivity index (χ1n) is 9.22. The van der Waals surface area contributed by atoms with Crippen LogP contribution < -0.4 is 11.1 Å². The van der Waals surface area contributed by atoms with Crippen LogP contribution in [0.4, 0.5) is 29.1 Å². The normalized spacial score (nSPS) is 24.9. The molecule has 2 aromatic rings. The summed E-state index contributed by atoms with van der Waals surface area (Å²) in [6.07, 6.45) is -4.33. The van der Waals surface area contributed by atoms with Crippen LogP contribution in [0, 0.1) is 5.82 Å². The number of aliphatic hydroxyl groups is 1. The van der Waals surface area contributed by atoms with Gasteiger partial charge in [-0.25, -0.2) is 9.37 Å². The van der Waals surface area contributed by atoms with Crippen molar-refractivity contribution in [1.29, 1.82) is 0 Å². The Balaban J connectivity index is 1.75. The van der Waals surface area contributed by atoms with Gasteiger partial charge in [-0.1, -0.05) is 0 Å². The molecule has 4 rings (SSSR count). The van der Waals surface area contributed by atoms with Gasteiger partial charge in [-0.15, -0.1) is 0 Å². The van der Waals surface area contributed by atoms with Gasteiger partial charge >= 0.3 is 6.18 Å². The highest BCUT2D eigenvalue weighted by molar-refractivity contribution is 6.00. The van der Waals surface area contributed by atoms with E-state index in [0.29, 0.717) is 16.9 Å². The molecule has 1 aromatic heterocycles. The summed E-state index contributed by atoms with van der Waals surface area (Å²) >= 11 is 0. The van der Waals surface area contributed by atoms with E-state index in [1.54, 1.807) is 6.07 Å². The number of halogens is 4. The number of nitrogens with two attached hydrogens (primary N) is 1. The summed E-state index contributed by atoms with van der Waals surface area (Å²) in [7, 11) is 2.94. The molecule has 1 saturated carbocycles. The van der Waals surface area contributed by atoms with Crippen molar-refractivity contribution in [3.05, 3.63) is 41.3 Å². The first-order valence-corrected chi connectivity index (χ1v) is 9.22. The van der Waals surface area contributed by atoms with E-state index < -0.39 is 41.8 Å². The first-order chi connectivity index (χ1) is 13.9. The van der Waals surface area contributed by atoms with Crippen molar-refractivity contribution < 1.29 is 27.5 Å². The first kappa shape index (κ1) is 20.4. The minimum absolute atomic E-state index is 0.0172. The zero-order chi connectivity index (χ0) is 22.1. The summed E-state index contributed by atoms with van der Waals surface area (Å²) in [6.45, 7) is 0.200. The van der Waals surface area contributed by atoms with Gasteiger partial charge in [0, 0.05) is 54.6 Å². The van der Waals surface area contributed by atoms with E-state index in [2.05, 4.69) is 10.3 Å². The fraction of sp³-hybridized carbons (Fsp3) is 0.400. The van der Waals surface area contributed by atoms with Gasteiger partial charge in [0.15, 0.2) is 5.60 Å². The van der Waals surface area contributed by atoms with E-state index in [9.17, 15) is 23.1 Å². The fourth-order valence-electron chi connectivity index (χ4n) is 4.34. The van der Waals surface area contributed by atoms with Gasteiger partial charge < -0.3 is 21.1 Å². The molecule has 0 saturated heterocycles. The lowest BCUT2D eigenvalue weighted by molar-refractivity contribution is -0.302. The minimum atomic E-state index is -4.73. The zero-order valence-corrected chi connectivity index (χ0v) is 16.3. The molecule has 1 spiro atoms. The van der Waals surface area contributed by atoms with Crippen molar-refractivity contribution >= 4 is 17.4 Å². The number of carbonyl (C=O) groups is 1. The maximum Gasteiger partial charge on any atom is 0.417 e. The van der Waals surface area contributed by atoms with Crippen LogP contribution in [0.1, 0.15) is 28.8 Å². The van der Waals surface area contributed by atoms with Gasteiger partial charge in [0.2, 0.25) is 0 Å². The number of alkyl halides is 3. The molecule has 4 N–H and O–H groups in total. The molecular formula is C20H20F4N4O2. The Hall–Kier alpha value is -2.88. The molecular weight excluding hydrogens is 404 g/mol. The highest BCUT2D eigenvalue weighted by atomic mass is 19.4. The Labute approximate surface area is 169 Å². The van der Waals surface area contributed by atoms with Crippen LogP contribution in [-0.4, -0.2) is 53.3 Å². The van der Waals surface area contributed by atoms with Gasteiger partial charge in [-0.05, 0) is 31.0 Å². The Morgan fingerprint density at radius 3 is 2.57 bits per heavy atom. The van der Waals surface area contributed by atoms with Crippen LogP contribution in [0.5, 0.6) is 0 Å². The maximum atomic E-state index is 15.2. The third kappa shape index (κ3) is 2.81. The van der Waals surface area contributed by atoms with Crippen LogP contribution in [0.3, 0.4) is 0 Å². The second-order valence-electron chi connectivity index (χ2n) is 8.23. The number of nitrogens with zero attached hydrogens (tertiary/aromatic N) is 2. The number of nitrogen functional groups attached to an aromatic ring is 1. The summed E-state index contributed by atoms with van der Waals surface area (Å²) in [5.41, 5.74) is 2.69. The van der Waals surface area contributed by atoms with E-state index in [-0.39, 0.29) is 23.4 Å². The SMILES string of the molecule is CN(C)C(=O)c1c(N)ccc(-c2cnc3c(c2)C2(CN3)CC(O)(C(F)(F)F)C2)c1F. The number of amides is 1. The van der Waals surface area contributed by atoms with Gasteiger partial charge in [0.25, 0.3) is 5.91 Å². The number of carbonyl (C=O) groups excluding carboxylic acids is 1. The molecule has 1 aliphatic heterocycles. The highest BCUT2D eigenvalue weighted by Crippen LogP contribution is 2.59. The number of fused-ring (bicyclic) bond motifs is 2. The molecule has 30 heavy (non-hydrogen) atoms. The summed E-state index contributed by atoms with van der Waals surface area (Å²) in [4.78, 5) is 17.8. The fourth-order valence-corrected chi connectivity index (χ4v) is 4.34. The van der Waals surface area contributed by atoms with Crippen molar-refractivity contribution in [2.75, 3.05) is 31.7 Å². The Bertz CT molecular complexity index is 1050. The monoisotopic (exact) mass is 424 g/mol. The Morgan fingerprint density at radius 1 is 1.30 bits per heavy atom. The van der Waals surface area contributed by atoms with E-state index in [4.69, 9.17) is 5.73 Å². The number of hydrogen-bond donors (Lipinski definition) is 3. The number of pyridine rings is 1. The Kier molecular flexibility index (Phi) is 4.29. The van der Waals surface area contributed by atoms with Gasteiger partial charge in [0.05, 0.1) is 5.56 Å². The van der Waals surface area contributed by atoms with Crippen molar-refractivity contribution in [2.45, 2.75) is 30.0 Å². The maximum absolute atomic E-state index is 15.2. The number of nitrogens with one attached hydrogen (secondary N) is 1. The second-order valence-corrected chi connectivity index (χ2v) is 8.23. The molecule has 1 aliphatic carbocycles. The van der Waals surface area contributed by atoms with Crippen molar-refractivity contribution in [3.8, 4) is 11.1 Å². The summed E-state index contributed by atoms with van der Waals surface area (Å²) in [5.74, 6) is -1.02. The van der Waals surface area contributed by atoms with Crippen LogP contribution in [0.15, 0.2) is 24.4 Å². The molecule has 0 radical (unpaired) electrons. The van der Waals surface area contributed by atoms with Crippen LogP contribution >= 0.6 is 0 Å².